The first-order valence-corrected chi connectivity index (χ1v) is 9.21. The van der Waals surface area contributed by atoms with Gasteiger partial charge < -0.3 is 9.47 Å². The second-order valence-electron chi connectivity index (χ2n) is 6.76. The predicted molar refractivity (Wildman–Crippen MR) is 102 cm³/mol. The van der Waals surface area contributed by atoms with Crippen molar-refractivity contribution in [2.45, 2.75) is 19.1 Å². The number of morpholine rings is 1. The molecule has 0 amide bonds. The third kappa shape index (κ3) is 3.89. The highest BCUT2D eigenvalue weighted by Gasteiger charge is 2.21. The molecule has 5 heteroatoms. The maximum atomic E-state index is 6.06. The largest absolute Gasteiger partial charge is 0.497 e. The third-order valence-corrected chi connectivity index (χ3v) is 5.01. The van der Waals surface area contributed by atoms with Crippen molar-refractivity contribution >= 4 is 10.8 Å². The maximum Gasteiger partial charge on any atom is 0.119 e. The number of benzene rings is 2. The van der Waals surface area contributed by atoms with E-state index >= 15 is 0 Å². The highest BCUT2D eigenvalue weighted by Crippen LogP contribution is 2.27. The molecular formula is C21H25N3O2. The molecule has 2 heterocycles. The van der Waals surface area contributed by atoms with E-state index in [0.717, 1.165) is 45.0 Å². The van der Waals surface area contributed by atoms with Crippen molar-refractivity contribution in [3.05, 3.63) is 60.4 Å². The molecule has 0 bridgehead atoms. The number of hydrogen-bond donors (Lipinski definition) is 0. The Morgan fingerprint density at radius 1 is 1.15 bits per heavy atom. The molecule has 26 heavy (non-hydrogen) atoms. The van der Waals surface area contributed by atoms with Crippen LogP contribution in [0.4, 0.5) is 0 Å². The van der Waals surface area contributed by atoms with Crippen LogP contribution in [-0.2, 0) is 11.3 Å². The Labute approximate surface area is 154 Å². The van der Waals surface area contributed by atoms with Crippen molar-refractivity contribution in [2.75, 3.05) is 33.4 Å². The summed E-state index contributed by atoms with van der Waals surface area (Å²) >= 11 is 0. The van der Waals surface area contributed by atoms with E-state index in [0.29, 0.717) is 0 Å². The molecule has 4 rings (SSSR count). The van der Waals surface area contributed by atoms with E-state index in [1.165, 1.54) is 16.3 Å². The summed E-state index contributed by atoms with van der Waals surface area (Å²) < 4.78 is 13.4. The van der Waals surface area contributed by atoms with Gasteiger partial charge in [-0.3, -0.25) is 9.58 Å². The molecular weight excluding hydrogens is 326 g/mol. The number of nitrogens with zero attached hydrogens (tertiary/aromatic N) is 3. The first kappa shape index (κ1) is 17.1. The number of hydrogen-bond acceptors (Lipinski definition) is 4. The van der Waals surface area contributed by atoms with E-state index in [9.17, 15) is 0 Å². The number of aromatic nitrogens is 2. The van der Waals surface area contributed by atoms with Crippen molar-refractivity contribution in [1.29, 1.82) is 0 Å². The molecule has 1 fully saturated rings. The zero-order valence-corrected chi connectivity index (χ0v) is 15.2. The quantitative estimate of drug-likeness (QED) is 0.681. The van der Waals surface area contributed by atoms with Crippen molar-refractivity contribution in [2.24, 2.45) is 0 Å². The summed E-state index contributed by atoms with van der Waals surface area (Å²) in [5, 5.41) is 6.69. The fourth-order valence-corrected chi connectivity index (χ4v) is 3.57. The number of aryl methyl sites for hydroxylation is 1. The Balaban J connectivity index is 1.39. The minimum absolute atomic E-state index is 0.139. The van der Waals surface area contributed by atoms with Crippen molar-refractivity contribution < 1.29 is 9.47 Å². The SMILES string of the molecule is COc1ccc2cc([C@@H]3CN(CCCn4cccn4)CCO3)ccc2c1. The summed E-state index contributed by atoms with van der Waals surface area (Å²) in [6, 6.07) is 14.7. The Kier molecular flexibility index (Phi) is 5.18. The monoisotopic (exact) mass is 351 g/mol. The summed E-state index contributed by atoms with van der Waals surface area (Å²) in [6.45, 7) is 4.77. The van der Waals surface area contributed by atoms with Crippen LogP contribution in [0.5, 0.6) is 5.75 Å². The van der Waals surface area contributed by atoms with E-state index in [2.05, 4.69) is 40.3 Å². The Morgan fingerprint density at radius 3 is 2.88 bits per heavy atom. The number of ether oxygens (including phenoxy) is 2. The standard InChI is InChI=1S/C21H25N3O2/c1-25-20-7-6-17-14-19(5-4-18(17)15-20)21-16-23(12-13-26-21)9-3-11-24-10-2-8-22-24/h2,4-8,10,14-15,21H,3,9,11-13,16H2,1H3/t21-/m0/s1. The molecule has 136 valence electrons. The molecule has 1 atom stereocenters. The van der Waals surface area contributed by atoms with Gasteiger partial charge in [-0.05, 0) is 47.0 Å². The van der Waals surface area contributed by atoms with Gasteiger partial charge in [-0.15, -0.1) is 0 Å². The predicted octanol–water partition coefficient (Wildman–Crippen LogP) is 3.51. The minimum atomic E-state index is 0.139. The van der Waals surface area contributed by atoms with Gasteiger partial charge in [0.1, 0.15) is 5.75 Å². The first-order chi connectivity index (χ1) is 12.8. The molecule has 0 spiro atoms. The smallest absolute Gasteiger partial charge is 0.119 e. The number of methoxy groups -OCH3 is 1. The van der Waals surface area contributed by atoms with Crippen LogP contribution < -0.4 is 4.74 Å². The first-order valence-electron chi connectivity index (χ1n) is 9.21. The van der Waals surface area contributed by atoms with Gasteiger partial charge in [-0.1, -0.05) is 18.2 Å². The summed E-state index contributed by atoms with van der Waals surface area (Å²) in [6.07, 6.45) is 5.10. The second-order valence-corrected chi connectivity index (χ2v) is 6.76. The fourth-order valence-electron chi connectivity index (χ4n) is 3.57. The van der Waals surface area contributed by atoms with E-state index < -0.39 is 0 Å². The van der Waals surface area contributed by atoms with Gasteiger partial charge in [0.15, 0.2) is 0 Å². The molecule has 1 aliphatic heterocycles. The molecule has 1 aliphatic rings. The summed E-state index contributed by atoms with van der Waals surface area (Å²) in [5.74, 6) is 0.891. The molecule has 1 aromatic heterocycles. The van der Waals surface area contributed by atoms with Crippen LogP contribution >= 0.6 is 0 Å². The average Bonchev–Trinajstić information content (AvgIpc) is 3.21. The van der Waals surface area contributed by atoms with Gasteiger partial charge in [0, 0.05) is 38.6 Å². The van der Waals surface area contributed by atoms with Gasteiger partial charge in [0.05, 0.1) is 19.8 Å². The lowest BCUT2D eigenvalue weighted by molar-refractivity contribution is -0.0304. The average molecular weight is 351 g/mol. The van der Waals surface area contributed by atoms with Crippen molar-refractivity contribution in [3.8, 4) is 5.75 Å². The molecule has 5 nitrogen and oxygen atoms in total. The number of rotatable bonds is 6. The maximum absolute atomic E-state index is 6.06. The Bertz CT molecular complexity index is 848. The molecule has 3 aromatic rings. The van der Waals surface area contributed by atoms with Gasteiger partial charge in [0.2, 0.25) is 0 Å². The van der Waals surface area contributed by atoms with Crippen LogP contribution in [0.25, 0.3) is 10.8 Å². The van der Waals surface area contributed by atoms with E-state index in [1.807, 2.05) is 29.2 Å². The molecule has 0 N–H and O–H groups in total. The van der Waals surface area contributed by atoms with Crippen LogP contribution in [0.2, 0.25) is 0 Å². The van der Waals surface area contributed by atoms with Crippen LogP contribution in [-0.4, -0.2) is 48.0 Å². The normalized spacial score (nSPS) is 18.3. The molecule has 0 saturated carbocycles. The van der Waals surface area contributed by atoms with E-state index in [1.54, 1.807) is 7.11 Å². The molecule has 1 saturated heterocycles. The van der Waals surface area contributed by atoms with E-state index in [-0.39, 0.29) is 6.10 Å². The van der Waals surface area contributed by atoms with Crippen LogP contribution in [0.15, 0.2) is 54.9 Å². The molecule has 0 aliphatic carbocycles. The highest BCUT2D eigenvalue weighted by atomic mass is 16.5. The van der Waals surface area contributed by atoms with Crippen molar-refractivity contribution in [3.63, 3.8) is 0 Å². The molecule has 2 aromatic carbocycles. The van der Waals surface area contributed by atoms with Gasteiger partial charge in [-0.2, -0.15) is 5.10 Å². The fraction of sp³-hybridized carbons (Fsp3) is 0.381. The zero-order valence-electron chi connectivity index (χ0n) is 15.2. The summed E-state index contributed by atoms with van der Waals surface area (Å²) in [5.41, 5.74) is 1.25. The zero-order chi connectivity index (χ0) is 17.8. The topological polar surface area (TPSA) is 39.5 Å². The minimum Gasteiger partial charge on any atom is -0.497 e. The highest BCUT2D eigenvalue weighted by molar-refractivity contribution is 5.84. The lowest BCUT2D eigenvalue weighted by Crippen LogP contribution is -2.39. The Morgan fingerprint density at radius 2 is 2.04 bits per heavy atom. The third-order valence-electron chi connectivity index (χ3n) is 5.01. The van der Waals surface area contributed by atoms with E-state index in [4.69, 9.17) is 9.47 Å². The second kappa shape index (κ2) is 7.89. The van der Waals surface area contributed by atoms with Crippen LogP contribution in [0.1, 0.15) is 18.1 Å². The summed E-state index contributed by atoms with van der Waals surface area (Å²) in [7, 11) is 1.70. The van der Waals surface area contributed by atoms with Crippen molar-refractivity contribution in [1.82, 2.24) is 14.7 Å². The summed E-state index contributed by atoms with van der Waals surface area (Å²) in [4.78, 5) is 2.50. The molecule has 0 unspecified atom stereocenters. The van der Waals surface area contributed by atoms with Crippen LogP contribution in [0.3, 0.4) is 0 Å². The number of fused-ring (bicyclic) bond motifs is 1. The lowest BCUT2D eigenvalue weighted by atomic mass is 10.0. The van der Waals surface area contributed by atoms with Gasteiger partial charge >= 0.3 is 0 Å². The molecule has 0 radical (unpaired) electrons. The van der Waals surface area contributed by atoms with Gasteiger partial charge in [-0.25, -0.2) is 0 Å². The van der Waals surface area contributed by atoms with Gasteiger partial charge in [0.25, 0.3) is 0 Å². The lowest BCUT2D eigenvalue weighted by Gasteiger charge is -2.33. The Hall–Kier alpha value is -2.37. The van der Waals surface area contributed by atoms with Crippen LogP contribution in [0, 0.1) is 0 Å².